The molecule has 0 aromatic heterocycles. The number of benzene rings is 1. The van der Waals surface area contributed by atoms with E-state index in [0.29, 0.717) is 6.42 Å². The van der Waals surface area contributed by atoms with Gasteiger partial charge in [-0.2, -0.15) is 0 Å². The van der Waals surface area contributed by atoms with Gasteiger partial charge in [0.1, 0.15) is 5.60 Å². The van der Waals surface area contributed by atoms with Crippen LogP contribution in [0.5, 0.6) is 0 Å². The van der Waals surface area contributed by atoms with Crippen LogP contribution in [-0.4, -0.2) is 50.5 Å². The van der Waals surface area contributed by atoms with Crippen molar-refractivity contribution in [1.29, 1.82) is 0 Å². The monoisotopic (exact) mass is 371 g/mol. The topological polar surface area (TPSA) is 130 Å². The molecule has 0 bridgehead atoms. The van der Waals surface area contributed by atoms with Crippen LogP contribution in [0, 0.1) is 0 Å². The summed E-state index contributed by atoms with van der Waals surface area (Å²) in [5, 5.41) is 15.9. The van der Waals surface area contributed by atoms with Gasteiger partial charge in [0.2, 0.25) is 10.0 Å². The van der Waals surface area contributed by atoms with Crippen LogP contribution in [0.4, 0.5) is 0 Å². The van der Waals surface area contributed by atoms with Gasteiger partial charge in [-0.25, -0.2) is 13.6 Å². The van der Waals surface area contributed by atoms with Crippen molar-refractivity contribution in [1.82, 2.24) is 4.90 Å². The lowest BCUT2D eigenvalue weighted by atomic mass is 10.1. The van der Waals surface area contributed by atoms with E-state index in [2.05, 4.69) is 0 Å². The minimum atomic E-state index is -3.76. The fraction of sp³-hybridized carbons (Fsp3) is 0.500. The van der Waals surface area contributed by atoms with Crippen LogP contribution in [0.3, 0.4) is 0 Å². The second-order valence-electron chi connectivity index (χ2n) is 6.61. The van der Waals surface area contributed by atoms with Crippen LogP contribution in [-0.2, 0) is 30.8 Å². The third-order valence-corrected chi connectivity index (χ3v) is 4.02. The second kappa shape index (κ2) is 8.41. The zero-order valence-electron chi connectivity index (χ0n) is 14.5. The van der Waals surface area contributed by atoms with Crippen molar-refractivity contribution in [2.24, 2.45) is 5.14 Å². The quantitative estimate of drug-likeness (QED) is 0.596. The average Bonchev–Trinajstić information content (AvgIpc) is 2.41. The molecule has 0 aliphatic carbocycles. The molecule has 0 heterocycles. The fourth-order valence-corrected chi connectivity index (χ4v) is 2.60. The second-order valence-corrected chi connectivity index (χ2v) is 8.17. The highest BCUT2D eigenvalue weighted by Gasteiger charge is 2.19. The van der Waals surface area contributed by atoms with Crippen molar-refractivity contribution >= 4 is 22.0 Å². The number of nitrogens with two attached hydrogens (primary N) is 1. The van der Waals surface area contributed by atoms with Crippen molar-refractivity contribution in [3.63, 3.8) is 0 Å². The minimum Gasteiger partial charge on any atom is -0.549 e. The number of sulfonamides is 1. The SMILES string of the molecule is CC(C)(C)OC(=O)CN(CCc1ccc(S(N)(=O)=O)cc1)CC(=O)[O-]. The first-order valence-corrected chi connectivity index (χ1v) is 9.17. The van der Waals surface area contributed by atoms with Crippen molar-refractivity contribution in [3.8, 4) is 0 Å². The van der Waals surface area contributed by atoms with E-state index in [-0.39, 0.29) is 18.0 Å². The maximum Gasteiger partial charge on any atom is 0.320 e. The zero-order chi connectivity index (χ0) is 19.3. The molecule has 0 saturated carbocycles. The molecule has 0 aliphatic rings. The van der Waals surface area contributed by atoms with Gasteiger partial charge in [0.25, 0.3) is 0 Å². The first-order chi connectivity index (χ1) is 11.4. The van der Waals surface area contributed by atoms with E-state index in [1.165, 1.54) is 17.0 Å². The Balaban J connectivity index is 2.69. The van der Waals surface area contributed by atoms with Gasteiger partial charge in [-0.05, 0) is 44.9 Å². The molecule has 9 heteroatoms. The number of carbonyl (C=O) groups is 2. The summed E-state index contributed by atoms with van der Waals surface area (Å²) in [5.74, 6) is -1.83. The number of carboxylic acid groups (broad SMARTS) is 1. The van der Waals surface area contributed by atoms with Crippen molar-refractivity contribution in [2.75, 3.05) is 19.6 Å². The molecule has 0 atom stereocenters. The Labute approximate surface area is 147 Å². The Bertz CT molecular complexity index is 707. The van der Waals surface area contributed by atoms with Crippen LogP contribution in [0.2, 0.25) is 0 Å². The number of nitrogens with zero attached hydrogens (tertiary/aromatic N) is 1. The lowest BCUT2D eigenvalue weighted by molar-refractivity contribution is -0.306. The normalized spacial score (nSPS) is 12.2. The Kier molecular flexibility index (Phi) is 7.09. The van der Waals surface area contributed by atoms with Gasteiger partial charge in [0.15, 0.2) is 0 Å². The summed E-state index contributed by atoms with van der Waals surface area (Å²) in [7, 11) is -3.76. The van der Waals surface area contributed by atoms with Gasteiger partial charge in [-0.15, -0.1) is 0 Å². The molecule has 0 aliphatic heterocycles. The third kappa shape index (κ3) is 8.62. The maximum atomic E-state index is 11.9. The lowest BCUT2D eigenvalue weighted by Gasteiger charge is -2.25. The summed E-state index contributed by atoms with van der Waals surface area (Å²) >= 11 is 0. The number of carboxylic acids is 1. The van der Waals surface area contributed by atoms with Crippen LogP contribution in [0.25, 0.3) is 0 Å². The number of hydrogen-bond acceptors (Lipinski definition) is 7. The van der Waals surface area contributed by atoms with E-state index in [0.717, 1.165) is 5.56 Å². The van der Waals surface area contributed by atoms with Crippen LogP contribution >= 0.6 is 0 Å². The highest BCUT2D eigenvalue weighted by molar-refractivity contribution is 7.89. The van der Waals surface area contributed by atoms with Gasteiger partial charge >= 0.3 is 5.97 Å². The highest BCUT2D eigenvalue weighted by atomic mass is 32.2. The van der Waals surface area contributed by atoms with Gasteiger partial charge < -0.3 is 14.6 Å². The molecule has 1 aromatic rings. The van der Waals surface area contributed by atoms with E-state index in [1.54, 1.807) is 32.9 Å². The molecule has 0 spiro atoms. The molecule has 0 radical (unpaired) electrons. The highest BCUT2D eigenvalue weighted by Crippen LogP contribution is 2.11. The maximum absolute atomic E-state index is 11.9. The zero-order valence-corrected chi connectivity index (χ0v) is 15.3. The van der Waals surface area contributed by atoms with Gasteiger partial charge in [-0.3, -0.25) is 9.69 Å². The number of primary sulfonamides is 1. The van der Waals surface area contributed by atoms with Crippen LogP contribution in [0.15, 0.2) is 29.2 Å². The molecule has 0 unspecified atom stereocenters. The summed E-state index contributed by atoms with van der Waals surface area (Å²) < 4.78 is 27.6. The van der Waals surface area contributed by atoms with Crippen molar-refractivity contribution < 1.29 is 27.9 Å². The predicted octanol–water partition coefficient (Wildman–Crippen LogP) is -0.730. The smallest absolute Gasteiger partial charge is 0.320 e. The molecular weight excluding hydrogens is 348 g/mol. The van der Waals surface area contributed by atoms with Gasteiger partial charge in [0, 0.05) is 13.1 Å². The molecule has 1 rings (SSSR count). The molecule has 0 fully saturated rings. The number of carbonyl (C=O) groups excluding carboxylic acids is 2. The largest absolute Gasteiger partial charge is 0.549 e. The predicted molar refractivity (Wildman–Crippen MR) is 88.8 cm³/mol. The number of hydrogen-bond donors (Lipinski definition) is 1. The van der Waals surface area contributed by atoms with E-state index in [9.17, 15) is 23.1 Å². The van der Waals surface area contributed by atoms with Crippen molar-refractivity contribution in [3.05, 3.63) is 29.8 Å². The third-order valence-electron chi connectivity index (χ3n) is 3.09. The Hall–Kier alpha value is -1.97. The molecule has 25 heavy (non-hydrogen) atoms. The molecule has 140 valence electrons. The Morgan fingerprint density at radius 3 is 2.16 bits per heavy atom. The van der Waals surface area contributed by atoms with E-state index in [1.807, 2.05) is 0 Å². The van der Waals surface area contributed by atoms with Gasteiger partial charge in [0.05, 0.1) is 17.4 Å². The van der Waals surface area contributed by atoms with Crippen LogP contribution in [0.1, 0.15) is 26.3 Å². The lowest BCUT2D eigenvalue weighted by Crippen LogP contribution is -2.43. The van der Waals surface area contributed by atoms with E-state index >= 15 is 0 Å². The summed E-state index contributed by atoms with van der Waals surface area (Å²) in [6.45, 7) is 4.85. The van der Waals surface area contributed by atoms with Gasteiger partial charge in [-0.1, -0.05) is 12.1 Å². The first kappa shape index (κ1) is 21.1. The summed E-state index contributed by atoms with van der Waals surface area (Å²) in [6, 6.07) is 5.93. The molecule has 8 nitrogen and oxygen atoms in total. The molecule has 1 aromatic carbocycles. The Morgan fingerprint density at radius 1 is 1.16 bits per heavy atom. The number of aliphatic carboxylic acids is 1. The molecule has 0 amide bonds. The number of rotatable bonds is 8. The van der Waals surface area contributed by atoms with Crippen LogP contribution < -0.4 is 10.2 Å². The average molecular weight is 371 g/mol. The molecule has 0 saturated heterocycles. The summed E-state index contributed by atoms with van der Waals surface area (Å²) in [4.78, 5) is 24.1. The first-order valence-electron chi connectivity index (χ1n) is 7.62. The minimum absolute atomic E-state index is 0.00315. The molecular formula is C16H23N2O6S-. The fourth-order valence-electron chi connectivity index (χ4n) is 2.09. The van der Waals surface area contributed by atoms with E-state index < -0.39 is 34.1 Å². The van der Waals surface area contributed by atoms with Crippen molar-refractivity contribution in [2.45, 2.75) is 37.7 Å². The number of ether oxygens (including phenoxy) is 1. The number of esters is 1. The molecule has 2 N–H and O–H groups in total. The Morgan fingerprint density at radius 2 is 1.72 bits per heavy atom. The van der Waals surface area contributed by atoms with E-state index in [4.69, 9.17) is 9.88 Å². The standard InChI is InChI=1S/C16H24N2O6S/c1-16(2,3)24-15(21)11-18(10-14(19)20)9-8-12-4-6-13(7-5-12)25(17,22)23/h4-7H,8-11H2,1-3H3,(H,19,20)(H2,17,22,23)/p-1. The summed E-state index contributed by atoms with van der Waals surface area (Å²) in [5.41, 5.74) is 0.119. The summed E-state index contributed by atoms with van der Waals surface area (Å²) in [6.07, 6.45) is 0.418.